The van der Waals surface area contributed by atoms with Crippen molar-refractivity contribution in [3.63, 3.8) is 0 Å². The van der Waals surface area contributed by atoms with Gasteiger partial charge in [0.15, 0.2) is 0 Å². The minimum absolute atomic E-state index is 0.0638. The Bertz CT molecular complexity index is 334. The summed E-state index contributed by atoms with van der Waals surface area (Å²) >= 11 is 0. The van der Waals surface area contributed by atoms with E-state index in [1.807, 2.05) is 6.07 Å². The number of rotatable bonds is 3. The first-order valence-electron chi connectivity index (χ1n) is 5.83. The molecular formula is C12H20N4. The Morgan fingerprint density at radius 2 is 1.94 bits per heavy atom. The first-order chi connectivity index (χ1) is 7.83. The molecule has 1 heterocycles. The van der Waals surface area contributed by atoms with E-state index in [1.165, 1.54) is 5.69 Å². The van der Waals surface area contributed by atoms with Crippen LogP contribution in [0.5, 0.6) is 0 Å². The molecule has 0 unspecified atom stereocenters. The summed E-state index contributed by atoms with van der Waals surface area (Å²) in [5.41, 5.74) is 14.1. The number of benzene rings is 1. The third-order valence-electron chi connectivity index (χ3n) is 3.05. The van der Waals surface area contributed by atoms with Crippen molar-refractivity contribution in [3.05, 3.63) is 29.8 Å². The van der Waals surface area contributed by atoms with Gasteiger partial charge in [0.2, 0.25) is 0 Å². The number of nitrogens with two attached hydrogens (primary N) is 2. The van der Waals surface area contributed by atoms with Gasteiger partial charge in [-0.25, -0.2) is 0 Å². The lowest BCUT2D eigenvalue weighted by Crippen LogP contribution is -2.44. The van der Waals surface area contributed by atoms with E-state index in [4.69, 9.17) is 11.5 Å². The van der Waals surface area contributed by atoms with Gasteiger partial charge in [-0.05, 0) is 11.6 Å². The van der Waals surface area contributed by atoms with Crippen LogP contribution >= 0.6 is 0 Å². The van der Waals surface area contributed by atoms with Gasteiger partial charge in [-0.1, -0.05) is 18.2 Å². The van der Waals surface area contributed by atoms with Gasteiger partial charge in [0.25, 0.3) is 0 Å². The minimum atomic E-state index is -0.0638. The maximum absolute atomic E-state index is 6.03. The van der Waals surface area contributed by atoms with Crippen LogP contribution in [0, 0.1) is 0 Å². The molecule has 0 radical (unpaired) electrons. The fraction of sp³-hybridized carbons (Fsp3) is 0.500. The summed E-state index contributed by atoms with van der Waals surface area (Å²) in [5.74, 6) is 0. The van der Waals surface area contributed by atoms with Crippen LogP contribution < -0.4 is 21.7 Å². The standard InChI is InChI=1S/C12H20N4/c13-9-11(14)10-3-1-2-4-12(10)16-7-5-15-6-8-16/h1-4,11,15H,5-9,13-14H2/t11-/m0/s1. The highest BCUT2D eigenvalue weighted by Gasteiger charge is 2.16. The molecule has 5 N–H and O–H groups in total. The smallest absolute Gasteiger partial charge is 0.0440 e. The van der Waals surface area contributed by atoms with E-state index in [-0.39, 0.29) is 6.04 Å². The van der Waals surface area contributed by atoms with Gasteiger partial charge in [0.05, 0.1) is 0 Å². The number of nitrogens with zero attached hydrogens (tertiary/aromatic N) is 1. The van der Waals surface area contributed by atoms with Crippen LogP contribution in [0.4, 0.5) is 5.69 Å². The van der Waals surface area contributed by atoms with Crippen molar-refractivity contribution in [3.8, 4) is 0 Å². The molecule has 16 heavy (non-hydrogen) atoms. The Labute approximate surface area is 96.6 Å². The molecular weight excluding hydrogens is 200 g/mol. The van der Waals surface area contributed by atoms with Gasteiger partial charge >= 0.3 is 0 Å². The van der Waals surface area contributed by atoms with E-state index in [9.17, 15) is 0 Å². The van der Waals surface area contributed by atoms with Crippen LogP contribution in [0.25, 0.3) is 0 Å². The predicted molar refractivity (Wildman–Crippen MR) is 67.5 cm³/mol. The van der Waals surface area contributed by atoms with Crippen molar-refractivity contribution < 1.29 is 0 Å². The summed E-state index contributed by atoms with van der Waals surface area (Å²) in [4.78, 5) is 2.38. The molecule has 1 aromatic rings. The van der Waals surface area contributed by atoms with Crippen molar-refractivity contribution in [1.82, 2.24) is 5.32 Å². The lowest BCUT2D eigenvalue weighted by atomic mass is 10.0. The number of anilines is 1. The fourth-order valence-corrected chi connectivity index (χ4v) is 2.12. The predicted octanol–water partition coefficient (Wildman–Crippen LogP) is 0.0547. The van der Waals surface area contributed by atoms with E-state index in [0.717, 1.165) is 31.7 Å². The maximum Gasteiger partial charge on any atom is 0.0440 e. The van der Waals surface area contributed by atoms with E-state index >= 15 is 0 Å². The molecule has 0 bridgehead atoms. The molecule has 0 saturated carbocycles. The SMILES string of the molecule is NC[C@H](N)c1ccccc1N1CCNCC1. The summed E-state index contributed by atoms with van der Waals surface area (Å²) in [6, 6.07) is 8.23. The topological polar surface area (TPSA) is 67.3 Å². The lowest BCUT2D eigenvalue weighted by molar-refractivity contribution is 0.585. The van der Waals surface area contributed by atoms with E-state index in [1.54, 1.807) is 0 Å². The molecule has 1 aliphatic rings. The Morgan fingerprint density at radius 1 is 1.25 bits per heavy atom. The third kappa shape index (κ3) is 2.35. The molecule has 4 heteroatoms. The van der Waals surface area contributed by atoms with Crippen molar-refractivity contribution in [2.24, 2.45) is 11.5 Å². The van der Waals surface area contributed by atoms with Gasteiger partial charge in [-0.15, -0.1) is 0 Å². The Kier molecular flexibility index (Phi) is 3.77. The van der Waals surface area contributed by atoms with Crippen LogP contribution in [0.15, 0.2) is 24.3 Å². The second-order valence-electron chi connectivity index (χ2n) is 4.14. The number of para-hydroxylation sites is 1. The van der Waals surface area contributed by atoms with Gasteiger partial charge in [-0.2, -0.15) is 0 Å². The number of hydrogen-bond donors (Lipinski definition) is 3. The quantitative estimate of drug-likeness (QED) is 0.673. The number of nitrogens with one attached hydrogen (secondary N) is 1. The highest BCUT2D eigenvalue weighted by atomic mass is 15.2. The second-order valence-corrected chi connectivity index (χ2v) is 4.14. The molecule has 0 aliphatic carbocycles. The summed E-state index contributed by atoms with van der Waals surface area (Å²) in [7, 11) is 0. The van der Waals surface area contributed by atoms with Gasteiger partial charge in [-0.3, -0.25) is 0 Å². The molecule has 1 aliphatic heterocycles. The Hall–Kier alpha value is -1.10. The summed E-state index contributed by atoms with van der Waals surface area (Å²) in [6.07, 6.45) is 0. The van der Waals surface area contributed by atoms with Gasteiger partial charge < -0.3 is 21.7 Å². The molecule has 0 spiro atoms. The largest absolute Gasteiger partial charge is 0.369 e. The molecule has 1 aromatic carbocycles. The molecule has 1 atom stereocenters. The zero-order valence-corrected chi connectivity index (χ0v) is 9.52. The highest BCUT2D eigenvalue weighted by Crippen LogP contribution is 2.24. The van der Waals surface area contributed by atoms with E-state index < -0.39 is 0 Å². The number of hydrogen-bond acceptors (Lipinski definition) is 4. The molecule has 88 valence electrons. The monoisotopic (exact) mass is 220 g/mol. The minimum Gasteiger partial charge on any atom is -0.369 e. The molecule has 4 nitrogen and oxygen atoms in total. The maximum atomic E-state index is 6.03. The van der Waals surface area contributed by atoms with Crippen molar-refractivity contribution in [1.29, 1.82) is 0 Å². The highest BCUT2D eigenvalue weighted by molar-refractivity contribution is 5.55. The Morgan fingerprint density at radius 3 is 2.62 bits per heavy atom. The average molecular weight is 220 g/mol. The molecule has 2 rings (SSSR count). The lowest BCUT2D eigenvalue weighted by Gasteiger charge is -2.32. The van der Waals surface area contributed by atoms with Crippen molar-refractivity contribution in [2.45, 2.75) is 6.04 Å². The van der Waals surface area contributed by atoms with Crippen LogP contribution in [0.3, 0.4) is 0 Å². The van der Waals surface area contributed by atoms with Crippen LogP contribution in [0.1, 0.15) is 11.6 Å². The number of piperazine rings is 1. The summed E-state index contributed by atoms with van der Waals surface area (Å²) in [5, 5.41) is 3.35. The van der Waals surface area contributed by atoms with E-state index in [2.05, 4.69) is 28.4 Å². The zero-order chi connectivity index (χ0) is 11.4. The van der Waals surface area contributed by atoms with E-state index in [0.29, 0.717) is 6.54 Å². The van der Waals surface area contributed by atoms with Crippen LogP contribution in [-0.2, 0) is 0 Å². The van der Waals surface area contributed by atoms with Gasteiger partial charge in [0, 0.05) is 44.5 Å². The first kappa shape index (κ1) is 11.4. The normalized spacial score (nSPS) is 18.5. The third-order valence-corrected chi connectivity index (χ3v) is 3.05. The Balaban J connectivity index is 2.24. The molecule has 1 fully saturated rings. The average Bonchev–Trinajstić information content (AvgIpc) is 2.39. The molecule has 1 saturated heterocycles. The summed E-state index contributed by atoms with van der Waals surface area (Å²) in [6.45, 7) is 4.63. The van der Waals surface area contributed by atoms with Gasteiger partial charge in [0.1, 0.15) is 0 Å². The molecule has 0 aromatic heterocycles. The zero-order valence-electron chi connectivity index (χ0n) is 9.52. The second kappa shape index (κ2) is 5.30. The first-order valence-corrected chi connectivity index (χ1v) is 5.83. The van der Waals surface area contributed by atoms with Crippen molar-refractivity contribution >= 4 is 5.69 Å². The molecule has 0 amide bonds. The van der Waals surface area contributed by atoms with Crippen LogP contribution in [0.2, 0.25) is 0 Å². The van der Waals surface area contributed by atoms with Crippen LogP contribution in [-0.4, -0.2) is 32.7 Å². The fourth-order valence-electron chi connectivity index (χ4n) is 2.12. The van der Waals surface area contributed by atoms with Crippen molar-refractivity contribution in [2.75, 3.05) is 37.6 Å². The summed E-state index contributed by atoms with van der Waals surface area (Å²) < 4.78 is 0.